The molecule has 3 rings (SSSR count). The van der Waals surface area contributed by atoms with Gasteiger partial charge in [0.05, 0.1) is 11.3 Å². The molecule has 2 aromatic heterocycles. The van der Waals surface area contributed by atoms with Crippen molar-refractivity contribution in [3.05, 3.63) is 76.3 Å². The molecule has 0 aliphatic heterocycles. The Kier molecular flexibility index (Phi) is 5.73. The lowest BCUT2D eigenvalue weighted by molar-refractivity contribution is 0.0947. The third kappa shape index (κ3) is 4.32. The van der Waals surface area contributed by atoms with Crippen LogP contribution in [0.15, 0.2) is 52.1 Å². The molecule has 0 fully saturated rings. The van der Waals surface area contributed by atoms with Crippen molar-refractivity contribution in [2.45, 2.75) is 38.1 Å². The van der Waals surface area contributed by atoms with Crippen molar-refractivity contribution in [2.75, 3.05) is 0 Å². The highest BCUT2D eigenvalue weighted by Gasteiger charge is 2.15. The summed E-state index contributed by atoms with van der Waals surface area (Å²) in [5, 5.41) is 7.64. The molecular formula is C20H21N3O2S. The number of nitrogens with one attached hydrogen (secondary N) is 1. The summed E-state index contributed by atoms with van der Waals surface area (Å²) in [5.74, 6) is 1.34. The first-order chi connectivity index (χ1) is 12.5. The Morgan fingerprint density at radius 2 is 1.92 bits per heavy atom. The van der Waals surface area contributed by atoms with E-state index in [0.717, 1.165) is 22.6 Å². The van der Waals surface area contributed by atoms with E-state index in [2.05, 4.69) is 15.5 Å². The molecule has 0 aliphatic rings. The molecule has 1 aromatic carbocycles. The second kappa shape index (κ2) is 8.19. The molecule has 0 unspecified atom stereocenters. The number of hydrogen-bond acceptors (Lipinski definition) is 5. The Bertz CT molecular complexity index is 884. The number of hydrogen-bond donors (Lipinski definition) is 1. The number of nitrogens with zero attached hydrogens (tertiary/aromatic N) is 2. The van der Waals surface area contributed by atoms with Gasteiger partial charge in [-0.15, -0.1) is 11.8 Å². The third-order valence-electron chi connectivity index (χ3n) is 4.12. The molecule has 1 N–H and O–H groups in total. The minimum Gasteiger partial charge on any atom is -0.361 e. The van der Waals surface area contributed by atoms with Gasteiger partial charge in [-0.05, 0) is 38.5 Å². The van der Waals surface area contributed by atoms with E-state index in [1.54, 1.807) is 18.3 Å². The standard InChI is InChI=1S/C20H21N3O2S/c1-13-6-8-16(9-7-13)11-22-19(24)17-5-4-10-21-20(17)26-12-18-14(2)23-25-15(18)3/h4-10H,11-12H2,1-3H3,(H,22,24). The number of benzene rings is 1. The predicted molar refractivity (Wildman–Crippen MR) is 102 cm³/mol. The summed E-state index contributed by atoms with van der Waals surface area (Å²) >= 11 is 1.51. The monoisotopic (exact) mass is 367 g/mol. The average Bonchev–Trinajstić information content (AvgIpc) is 2.97. The number of amides is 1. The summed E-state index contributed by atoms with van der Waals surface area (Å²) in [4.78, 5) is 17.0. The first kappa shape index (κ1) is 18.2. The van der Waals surface area contributed by atoms with Crippen molar-refractivity contribution in [3.8, 4) is 0 Å². The van der Waals surface area contributed by atoms with Crippen LogP contribution in [0.1, 0.15) is 38.5 Å². The van der Waals surface area contributed by atoms with Gasteiger partial charge in [-0.3, -0.25) is 4.79 Å². The number of carbonyl (C=O) groups excluding carboxylic acids is 1. The van der Waals surface area contributed by atoms with Crippen molar-refractivity contribution in [3.63, 3.8) is 0 Å². The first-order valence-electron chi connectivity index (χ1n) is 8.38. The fraction of sp³-hybridized carbons (Fsp3) is 0.250. The molecule has 5 nitrogen and oxygen atoms in total. The van der Waals surface area contributed by atoms with Crippen LogP contribution >= 0.6 is 11.8 Å². The van der Waals surface area contributed by atoms with Crippen LogP contribution in [0.2, 0.25) is 0 Å². The summed E-state index contributed by atoms with van der Waals surface area (Å²) in [6.07, 6.45) is 1.70. The van der Waals surface area contributed by atoms with Crippen LogP contribution < -0.4 is 5.32 Å². The van der Waals surface area contributed by atoms with Gasteiger partial charge < -0.3 is 9.84 Å². The molecule has 0 saturated heterocycles. The largest absolute Gasteiger partial charge is 0.361 e. The minimum atomic E-state index is -0.125. The maximum absolute atomic E-state index is 12.6. The Balaban J connectivity index is 1.67. The summed E-state index contributed by atoms with van der Waals surface area (Å²) in [7, 11) is 0. The average molecular weight is 367 g/mol. The molecular weight excluding hydrogens is 346 g/mol. The van der Waals surface area contributed by atoms with Gasteiger partial charge in [0.2, 0.25) is 0 Å². The van der Waals surface area contributed by atoms with Gasteiger partial charge >= 0.3 is 0 Å². The minimum absolute atomic E-state index is 0.125. The van der Waals surface area contributed by atoms with E-state index in [9.17, 15) is 4.79 Å². The van der Waals surface area contributed by atoms with E-state index < -0.39 is 0 Å². The van der Waals surface area contributed by atoms with E-state index >= 15 is 0 Å². The second-order valence-corrected chi connectivity index (χ2v) is 7.08. The molecule has 0 radical (unpaired) electrons. The topological polar surface area (TPSA) is 68.0 Å². The van der Waals surface area contributed by atoms with Gasteiger partial charge in [-0.1, -0.05) is 35.0 Å². The lowest BCUT2D eigenvalue weighted by Crippen LogP contribution is -2.23. The molecule has 0 saturated carbocycles. The van der Waals surface area contributed by atoms with Crippen molar-refractivity contribution in [2.24, 2.45) is 0 Å². The molecule has 6 heteroatoms. The van der Waals surface area contributed by atoms with E-state index in [0.29, 0.717) is 22.9 Å². The summed E-state index contributed by atoms with van der Waals surface area (Å²) < 4.78 is 5.19. The van der Waals surface area contributed by atoms with E-state index in [1.807, 2.05) is 45.0 Å². The van der Waals surface area contributed by atoms with Gasteiger partial charge in [0, 0.05) is 24.1 Å². The summed E-state index contributed by atoms with van der Waals surface area (Å²) in [6, 6.07) is 11.7. The highest BCUT2D eigenvalue weighted by Crippen LogP contribution is 2.27. The van der Waals surface area contributed by atoms with Crippen molar-refractivity contribution in [1.82, 2.24) is 15.5 Å². The zero-order valence-corrected chi connectivity index (χ0v) is 15.9. The highest BCUT2D eigenvalue weighted by molar-refractivity contribution is 7.98. The zero-order chi connectivity index (χ0) is 18.5. The number of rotatable bonds is 6. The van der Waals surface area contributed by atoms with Gasteiger partial charge in [0.1, 0.15) is 10.8 Å². The first-order valence-corrected chi connectivity index (χ1v) is 9.36. The molecule has 0 spiro atoms. The Morgan fingerprint density at radius 1 is 1.15 bits per heavy atom. The Labute approximate surface area is 157 Å². The van der Waals surface area contributed by atoms with E-state index in [-0.39, 0.29) is 5.91 Å². The SMILES string of the molecule is Cc1ccc(CNC(=O)c2cccnc2SCc2c(C)noc2C)cc1. The van der Waals surface area contributed by atoms with Crippen LogP contribution in [-0.4, -0.2) is 16.0 Å². The Morgan fingerprint density at radius 3 is 2.62 bits per heavy atom. The fourth-order valence-corrected chi connectivity index (χ4v) is 3.66. The number of aromatic nitrogens is 2. The number of thioether (sulfide) groups is 1. The lowest BCUT2D eigenvalue weighted by atomic mass is 10.1. The molecule has 0 aliphatic carbocycles. The van der Waals surface area contributed by atoms with Gasteiger partial charge in [0.25, 0.3) is 5.91 Å². The summed E-state index contributed by atoms with van der Waals surface area (Å²) in [5.41, 5.74) is 4.77. The molecule has 2 heterocycles. The second-order valence-electron chi connectivity index (χ2n) is 6.12. The summed E-state index contributed by atoms with van der Waals surface area (Å²) in [6.45, 7) is 6.34. The molecule has 0 atom stereocenters. The van der Waals surface area contributed by atoms with Gasteiger partial charge in [0.15, 0.2) is 0 Å². The smallest absolute Gasteiger partial charge is 0.254 e. The highest BCUT2D eigenvalue weighted by atomic mass is 32.2. The quantitative estimate of drug-likeness (QED) is 0.661. The van der Waals surface area contributed by atoms with Crippen molar-refractivity contribution >= 4 is 17.7 Å². The van der Waals surface area contributed by atoms with Crippen molar-refractivity contribution < 1.29 is 9.32 Å². The molecule has 3 aromatic rings. The molecule has 0 bridgehead atoms. The van der Waals surface area contributed by atoms with Gasteiger partial charge in [-0.25, -0.2) is 4.98 Å². The number of aryl methyl sites for hydroxylation is 3. The number of pyridine rings is 1. The maximum atomic E-state index is 12.6. The van der Waals surface area contributed by atoms with Crippen LogP contribution in [-0.2, 0) is 12.3 Å². The normalized spacial score (nSPS) is 10.7. The third-order valence-corrected chi connectivity index (χ3v) is 5.16. The molecule has 26 heavy (non-hydrogen) atoms. The van der Waals surface area contributed by atoms with Crippen LogP contribution in [0.4, 0.5) is 0 Å². The zero-order valence-electron chi connectivity index (χ0n) is 15.1. The van der Waals surface area contributed by atoms with Gasteiger partial charge in [-0.2, -0.15) is 0 Å². The van der Waals surface area contributed by atoms with Crippen LogP contribution in [0.5, 0.6) is 0 Å². The van der Waals surface area contributed by atoms with Crippen LogP contribution in [0, 0.1) is 20.8 Å². The van der Waals surface area contributed by atoms with E-state index in [4.69, 9.17) is 4.52 Å². The van der Waals surface area contributed by atoms with E-state index in [1.165, 1.54) is 17.3 Å². The molecule has 1 amide bonds. The maximum Gasteiger partial charge on any atom is 0.254 e. The molecule has 134 valence electrons. The van der Waals surface area contributed by atoms with Crippen LogP contribution in [0.25, 0.3) is 0 Å². The predicted octanol–water partition coefficient (Wildman–Crippen LogP) is 4.22. The Hall–Kier alpha value is -2.60. The number of carbonyl (C=O) groups is 1. The lowest BCUT2D eigenvalue weighted by Gasteiger charge is -2.09. The van der Waals surface area contributed by atoms with Crippen LogP contribution in [0.3, 0.4) is 0 Å². The van der Waals surface area contributed by atoms with Crippen molar-refractivity contribution in [1.29, 1.82) is 0 Å². The fourth-order valence-electron chi connectivity index (χ4n) is 2.51.